The zero-order valence-electron chi connectivity index (χ0n) is 9.92. The van der Waals surface area contributed by atoms with Crippen molar-refractivity contribution in [3.63, 3.8) is 0 Å². The van der Waals surface area contributed by atoms with E-state index >= 15 is 0 Å². The van der Waals surface area contributed by atoms with Crippen molar-refractivity contribution in [3.8, 4) is 5.75 Å². The highest BCUT2D eigenvalue weighted by molar-refractivity contribution is 5.92. The molecule has 0 aliphatic heterocycles. The third kappa shape index (κ3) is 4.29. The molecule has 0 saturated carbocycles. The van der Waals surface area contributed by atoms with Gasteiger partial charge in [0.05, 0.1) is 7.11 Å². The summed E-state index contributed by atoms with van der Waals surface area (Å²) in [6, 6.07) is 6.84. The summed E-state index contributed by atoms with van der Waals surface area (Å²) in [6.07, 6.45) is 1.26. The molecule has 0 aliphatic rings. The van der Waals surface area contributed by atoms with Crippen LogP contribution in [0.25, 0.3) is 6.08 Å². The van der Waals surface area contributed by atoms with Crippen LogP contribution in [-0.4, -0.2) is 29.3 Å². The van der Waals surface area contributed by atoms with Crippen LogP contribution in [-0.2, 0) is 9.59 Å². The lowest BCUT2D eigenvalue weighted by Gasteiger charge is -2.02. The number of hydrogen-bond donors (Lipinski definition) is 2. The summed E-state index contributed by atoms with van der Waals surface area (Å²) >= 11 is 0. The number of benzene rings is 1. The molecular weight excluding hydrogens is 236 g/mol. The van der Waals surface area contributed by atoms with Crippen molar-refractivity contribution in [3.05, 3.63) is 35.4 Å². The highest BCUT2D eigenvalue weighted by atomic mass is 16.5. The number of carboxylic acid groups (broad SMARTS) is 2. The second-order valence-corrected chi connectivity index (χ2v) is 3.64. The predicted octanol–water partition coefficient (Wildman–Crippen LogP) is 2.03. The van der Waals surface area contributed by atoms with Gasteiger partial charge in [-0.05, 0) is 30.2 Å². The summed E-state index contributed by atoms with van der Waals surface area (Å²) in [5.41, 5.74) is 0.765. The van der Waals surface area contributed by atoms with Crippen molar-refractivity contribution in [2.75, 3.05) is 7.11 Å². The summed E-state index contributed by atoms with van der Waals surface area (Å²) < 4.78 is 4.99. The van der Waals surface area contributed by atoms with E-state index < -0.39 is 11.9 Å². The summed E-state index contributed by atoms with van der Waals surface area (Å²) in [5.74, 6) is -1.45. The van der Waals surface area contributed by atoms with Crippen LogP contribution < -0.4 is 4.74 Å². The first-order valence-electron chi connectivity index (χ1n) is 5.32. The van der Waals surface area contributed by atoms with Crippen LogP contribution >= 0.6 is 0 Å². The Hall–Kier alpha value is -2.30. The lowest BCUT2D eigenvalue weighted by Crippen LogP contribution is -2.04. The lowest BCUT2D eigenvalue weighted by molar-refractivity contribution is -0.137. The van der Waals surface area contributed by atoms with Crippen LogP contribution in [0.15, 0.2) is 29.8 Å². The van der Waals surface area contributed by atoms with E-state index in [1.807, 2.05) is 0 Å². The highest BCUT2D eigenvalue weighted by Crippen LogP contribution is 2.16. The van der Waals surface area contributed by atoms with Gasteiger partial charge in [0.25, 0.3) is 0 Å². The molecule has 0 amide bonds. The van der Waals surface area contributed by atoms with Crippen molar-refractivity contribution in [1.82, 2.24) is 0 Å². The lowest BCUT2D eigenvalue weighted by atomic mass is 10.1. The quantitative estimate of drug-likeness (QED) is 0.755. The zero-order valence-corrected chi connectivity index (χ0v) is 9.92. The van der Waals surface area contributed by atoms with E-state index in [0.717, 1.165) is 0 Å². The normalized spacial score (nSPS) is 11.1. The Bertz CT molecular complexity index is 459. The second-order valence-electron chi connectivity index (χ2n) is 3.64. The van der Waals surface area contributed by atoms with E-state index in [-0.39, 0.29) is 18.4 Å². The molecule has 1 aromatic rings. The Balaban J connectivity index is 2.86. The van der Waals surface area contributed by atoms with Crippen LogP contribution in [0.1, 0.15) is 18.4 Å². The number of methoxy groups -OCH3 is 1. The molecule has 0 bridgehead atoms. The fraction of sp³-hybridized carbons (Fsp3) is 0.231. The Morgan fingerprint density at radius 1 is 1.17 bits per heavy atom. The molecule has 5 heteroatoms. The maximum absolute atomic E-state index is 11.0. The largest absolute Gasteiger partial charge is 0.497 e. The van der Waals surface area contributed by atoms with Gasteiger partial charge in [-0.15, -0.1) is 0 Å². The van der Waals surface area contributed by atoms with Gasteiger partial charge in [0.15, 0.2) is 0 Å². The fourth-order valence-electron chi connectivity index (χ4n) is 1.38. The maximum Gasteiger partial charge on any atom is 0.331 e. The Kier molecular flexibility index (Phi) is 4.92. The van der Waals surface area contributed by atoms with Gasteiger partial charge in [-0.3, -0.25) is 4.79 Å². The van der Waals surface area contributed by atoms with E-state index in [0.29, 0.717) is 11.3 Å². The number of carboxylic acids is 2. The van der Waals surface area contributed by atoms with Crippen molar-refractivity contribution in [1.29, 1.82) is 0 Å². The predicted molar refractivity (Wildman–Crippen MR) is 65.5 cm³/mol. The standard InChI is InChI=1S/C13H14O5/c1-18-11-5-2-9(3-6-11)8-10(13(16)17)4-7-12(14)15/h2-3,5-6,8H,4,7H2,1H3,(H,14,15)(H,16,17)/b10-8-. The van der Waals surface area contributed by atoms with E-state index in [1.165, 1.54) is 6.08 Å². The molecule has 1 aromatic carbocycles. The first-order valence-corrected chi connectivity index (χ1v) is 5.32. The molecule has 0 saturated heterocycles. The monoisotopic (exact) mass is 250 g/mol. The Labute approximate surface area is 104 Å². The SMILES string of the molecule is COc1ccc(/C=C(/CCC(=O)O)C(=O)O)cc1. The minimum atomic E-state index is -1.10. The molecule has 0 aliphatic carbocycles. The van der Waals surface area contributed by atoms with Gasteiger partial charge >= 0.3 is 11.9 Å². The van der Waals surface area contributed by atoms with E-state index in [4.69, 9.17) is 14.9 Å². The molecule has 0 unspecified atom stereocenters. The molecule has 0 spiro atoms. The summed E-state index contributed by atoms with van der Waals surface area (Å²) in [6.45, 7) is 0. The molecule has 1 rings (SSSR count). The van der Waals surface area contributed by atoms with Gasteiger partial charge in [0.2, 0.25) is 0 Å². The molecule has 0 heterocycles. The van der Waals surface area contributed by atoms with Crippen LogP contribution in [0.2, 0.25) is 0 Å². The molecule has 0 atom stereocenters. The Morgan fingerprint density at radius 2 is 1.78 bits per heavy atom. The summed E-state index contributed by atoms with van der Waals surface area (Å²) in [4.78, 5) is 21.4. The van der Waals surface area contributed by atoms with Gasteiger partial charge in [-0.25, -0.2) is 4.79 Å². The summed E-state index contributed by atoms with van der Waals surface area (Å²) in [5, 5.41) is 17.5. The average molecular weight is 250 g/mol. The van der Waals surface area contributed by atoms with Crippen LogP contribution in [0.5, 0.6) is 5.75 Å². The number of aliphatic carboxylic acids is 2. The minimum Gasteiger partial charge on any atom is -0.497 e. The third-order valence-electron chi connectivity index (χ3n) is 2.34. The van der Waals surface area contributed by atoms with Crippen LogP contribution in [0.4, 0.5) is 0 Å². The number of rotatable bonds is 6. The topological polar surface area (TPSA) is 83.8 Å². The third-order valence-corrected chi connectivity index (χ3v) is 2.34. The summed E-state index contributed by atoms with van der Waals surface area (Å²) in [7, 11) is 1.54. The van der Waals surface area contributed by atoms with E-state index in [1.54, 1.807) is 31.4 Å². The molecule has 0 aromatic heterocycles. The smallest absolute Gasteiger partial charge is 0.331 e. The maximum atomic E-state index is 11.0. The van der Waals surface area contributed by atoms with Gasteiger partial charge in [-0.1, -0.05) is 12.1 Å². The number of ether oxygens (including phenoxy) is 1. The molecule has 0 radical (unpaired) electrons. The van der Waals surface area contributed by atoms with Crippen LogP contribution in [0, 0.1) is 0 Å². The number of hydrogen-bond acceptors (Lipinski definition) is 3. The van der Waals surface area contributed by atoms with Crippen molar-refractivity contribution < 1.29 is 24.5 Å². The first kappa shape index (κ1) is 13.8. The second kappa shape index (κ2) is 6.44. The molecule has 2 N–H and O–H groups in total. The van der Waals surface area contributed by atoms with E-state index in [9.17, 15) is 9.59 Å². The minimum absolute atomic E-state index is 0.00328. The molecule has 0 fully saturated rings. The molecular formula is C13H14O5. The van der Waals surface area contributed by atoms with Crippen molar-refractivity contribution in [2.24, 2.45) is 0 Å². The molecule has 18 heavy (non-hydrogen) atoms. The van der Waals surface area contributed by atoms with Crippen molar-refractivity contribution in [2.45, 2.75) is 12.8 Å². The van der Waals surface area contributed by atoms with Crippen molar-refractivity contribution >= 4 is 18.0 Å². The number of carbonyl (C=O) groups is 2. The average Bonchev–Trinajstić information content (AvgIpc) is 2.34. The fourth-order valence-corrected chi connectivity index (χ4v) is 1.38. The highest BCUT2D eigenvalue weighted by Gasteiger charge is 2.09. The molecule has 5 nitrogen and oxygen atoms in total. The van der Waals surface area contributed by atoms with Gasteiger partial charge < -0.3 is 14.9 Å². The van der Waals surface area contributed by atoms with Crippen LogP contribution in [0.3, 0.4) is 0 Å². The van der Waals surface area contributed by atoms with E-state index in [2.05, 4.69) is 0 Å². The van der Waals surface area contributed by atoms with Gasteiger partial charge in [0.1, 0.15) is 5.75 Å². The van der Waals surface area contributed by atoms with Gasteiger partial charge in [-0.2, -0.15) is 0 Å². The molecule has 96 valence electrons. The van der Waals surface area contributed by atoms with Gasteiger partial charge in [0, 0.05) is 12.0 Å². The Morgan fingerprint density at radius 3 is 2.22 bits per heavy atom. The first-order chi connectivity index (χ1) is 8.52. The zero-order chi connectivity index (χ0) is 13.5.